The number of benzene rings is 2. The van der Waals surface area contributed by atoms with Gasteiger partial charge in [0.15, 0.2) is 5.58 Å². The molecule has 2 aromatic heterocycles. The van der Waals surface area contributed by atoms with Gasteiger partial charge in [-0.15, -0.1) is 0 Å². The van der Waals surface area contributed by atoms with Crippen LogP contribution in [0.3, 0.4) is 0 Å². The van der Waals surface area contributed by atoms with Crippen molar-refractivity contribution in [2.75, 3.05) is 0 Å². The van der Waals surface area contributed by atoms with Gasteiger partial charge in [-0.2, -0.15) is 0 Å². The van der Waals surface area contributed by atoms with Crippen LogP contribution in [0.2, 0.25) is 0 Å². The van der Waals surface area contributed by atoms with Crippen LogP contribution in [0.15, 0.2) is 62.2 Å². The van der Waals surface area contributed by atoms with Crippen molar-refractivity contribution >= 4 is 21.9 Å². The highest BCUT2D eigenvalue weighted by Gasteiger charge is 2.20. The fourth-order valence-corrected chi connectivity index (χ4v) is 3.10. The van der Waals surface area contributed by atoms with Gasteiger partial charge in [0.25, 0.3) is 0 Å². The normalized spacial score (nSPS) is 11.4. The van der Waals surface area contributed by atoms with Crippen LogP contribution in [-0.2, 0) is 6.42 Å². The quantitative estimate of drug-likeness (QED) is 0.485. The Hall–Kier alpha value is -2.81. The molecule has 23 heavy (non-hydrogen) atoms. The van der Waals surface area contributed by atoms with E-state index < -0.39 is 0 Å². The second kappa shape index (κ2) is 5.13. The van der Waals surface area contributed by atoms with E-state index in [4.69, 9.17) is 8.83 Å². The van der Waals surface area contributed by atoms with Crippen LogP contribution in [0.4, 0.5) is 0 Å². The zero-order chi connectivity index (χ0) is 16.0. The summed E-state index contributed by atoms with van der Waals surface area (Å²) in [5.74, 6) is 0.730. The molecule has 0 saturated carbocycles. The Balaban J connectivity index is 2.17. The van der Waals surface area contributed by atoms with Gasteiger partial charge in [0.2, 0.25) is 0 Å². The van der Waals surface area contributed by atoms with Crippen molar-refractivity contribution in [2.24, 2.45) is 0 Å². The Morgan fingerprint density at radius 3 is 2.52 bits per heavy atom. The molecule has 0 aliphatic rings. The van der Waals surface area contributed by atoms with E-state index in [9.17, 15) is 4.79 Å². The Kier molecular flexibility index (Phi) is 3.08. The molecule has 0 radical (unpaired) electrons. The lowest BCUT2D eigenvalue weighted by atomic mass is 10.0. The summed E-state index contributed by atoms with van der Waals surface area (Å²) in [6.45, 7) is 3.98. The van der Waals surface area contributed by atoms with E-state index in [1.807, 2.05) is 55.5 Å². The van der Waals surface area contributed by atoms with Crippen molar-refractivity contribution in [2.45, 2.75) is 20.3 Å². The molecular weight excluding hydrogens is 288 g/mol. The summed E-state index contributed by atoms with van der Waals surface area (Å²) >= 11 is 0. The largest absolute Gasteiger partial charge is 0.460 e. The Morgan fingerprint density at radius 2 is 1.78 bits per heavy atom. The summed E-state index contributed by atoms with van der Waals surface area (Å²) in [5, 5.41) is 1.37. The molecule has 0 aliphatic carbocycles. The molecule has 114 valence electrons. The summed E-state index contributed by atoms with van der Waals surface area (Å²) in [6, 6.07) is 15.7. The molecule has 0 fully saturated rings. The summed E-state index contributed by atoms with van der Waals surface area (Å²) < 4.78 is 11.5. The lowest BCUT2D eigenvalue weighted by molar-refractivity contribution is 0.559. The maximum Gasteiger partial charge on any atom is 0.348 e. The first kappa shape index (κ1) is 13.8. The summed E-state index contributed by atoms with van der Waals surface area (Å²) in [5.41, 5.74) is 3.78. The second-order valence-corrected chi connectivity index (χ2v) is 5.68. The molecular formula is C20H16O3. The van der Waals surface area contributed by atoms with Gasteiger partial charge in [0.05, 0.1) is 5.39 Å². The third-order valence-corrected chi connectivity index (χ3v) is 4.25. The van der Waals surface area contributed by atoms with Crippen molar-refractivity contribution in [1.29, 1.82) is 0 Å². The van der Waals surface area contributed by atoms with Crippen molar-refractivity contribution in [3.8, 4) is 11.1 Å². The smallest absolute Gasteiger partial charge is 0.348 e. The lowest BCUT2D eigenvalue weighted by Gasteiger charge is -2.02. The van der Waals surface area contributed by atoms with Crippen LogP contribution in [0.1, 0.15) is 18.2 Å². The minimum absolute atomic E-state index is 0.354. The van der Waals surface area contributed by atoms with E-state index in [2.05, 4.69) is 6.92 Å². The maximum atomic E-state index is 12.5. The Labute approximate surface area is 133 Å². The summed E-state index contributed by atoms with van der Waals surface area (Å²) in [4.78, 5) is 12.5. The second-order valence-electron chi connectivity index (χ2n) is 5.68. The SMILES string of the molecule is CCc1ccc2oc(=O)c3c(-c4ccccc4)c(C)oc3c2c1. The molecule has 3 heteroatoms. The predicted octanol–water partition coefficient (Wildman–Crippen LogP) is 5.08. The number of furan rings is 1. The van der Waals surface area contributed by atoms with Crippen LogP contribution in [0.5, 0.6) is 0 Å². The molecule has 0 N–H and O–H groups in total. The van der Waals surface area contributed by atoms with Crippen molar-refractivity contribution in [3.63, 3.8) is 0 Å². The highest BCUT2D eigenvalue weighted by molar-refractivity contribution is 6.07. The van der Waals surface area contributed by atoms with Crippen LogP contribution < -0.4 is 5.63 Å². The van der Waals surface area contributed by atoms with Crippen molar-refractivity contribution < 1.29 is 8.83 Å². The molecule has 0 spiro atoms. The van der Waals surface area contributed by atoms with E-state index >= 15 is 0 Å². The molecule has 0 unspecified atom stereocenters. The molecule has 0 amide bonds. The topological polar surface area (TPSA) is 43.4 Å². The monoisotopic (exact) mass is 304 g/mol. The molecule has 0 aliphatic heterocycles. The molecule has 0 saturated heterocycles. The third kappa shape index (κ3) is 2.08. The molecule has 4 rings (SSSR count). The fraction of sp³-hybridized carbons (Fsp3) is 0.150. The van der Waals surface area contributed by atoms with Crippen molar-refractivity contribution in [3.05, 3.63) is 70.3 Å². The molecule has 0 bridgehead atoms. The lowest BCUT2D eigenvalue weighted by Crippen LogP contribution is -2.00. The van der Waals surface area contributed by atoms with Gasteiger partial charge in [-0.25, -0.2) is 4.79 Å². The summed E-state index contributed by atoms with van der Waals surface area (Å²) in [7, 11) is 0. The van der Waals surface area contributed by atoms with Gasteiger partial charge in [-0.1, -0.05) is 43.3 Å². The van der Waals surface area contributed by atoms with Gasteiger partial charge in [-0.3, -0.25) is 0 Å². The molecule has 2 heterocycles. The Morgan fingerprint density at radius 1 is 1.00 bits per heavy atom. The van der Waals surface area contributed by atoms with E-state index in [1.54, 1.807) is 0 Å². The van der Waals surface area contributed by atoms with E-state index in [0.717, 1.165) is 28.7 Å². The van der Waals surface area contributed by atoms with E-state index in [1.165, 1.54) is 5.56 Å². The average Bonchev–Trinajstić information content (AvgIpc) is 2.93. The van der Waals surface area contributed by atoms with Crippen LogP contribution in [0.25, 0.3) is 33.1 Å². The molecule has 0 atom stereocenters. The highest BCUT2D eigenvalue weighted by Crippen LogP contribution is 2.36. The van der Waals surface area contributed by atoms with Gasteiger partial charge >= 0.3 is 5.63 Å². The first-order valence-electron chi connectivity index (χ1n) is 7.73. The van der Waals surface area contributed by atoms with Gasteiger partial charge in [0, 0.05) is 5.56 Å². The standard InChI is InChI=1S/C20H16O3/c1-3-13-9-10-16-15(11-13)19-18(20(21)23-16)17(12(2)22-19)14-7-5-4-6-8-14/h4-11H,3H2,1-2H3. The van der Waals surface area contributed by atoms with Crippen LogP contribution >= 0.6 is 0 Å². The van der Waals surface area contributed by atoms with Gasteiger partial charge in [0.1, 0.15) is 16.7 Å². The number of fused-ring (bicyclic) bond motifs is 3. The number of rotatable bonds is 2. The zero-order valence-corrected chi connectivity index (χ0v) is 13.1. The van der Waals surface area contributed by atoms with E-state index in [0.29, 0.717) is 16.6 Å². The minimum Gasteiger partial charge on any atom is -0.460 e. The third-order valence-electron chi connectivity index (χ3n) is 4.25. The zero-order valence-electron chi connectivity index (χ0n) is 13.1. The Bertz CT molecular complexity index is 1070. The molecule has 3 nitrogen and oxygen atoms in total. The molecule has 4 aromatic rings. The molecule has 2 aromatic carbocycles. The number of aryl methyl sites for hydroxylation is 2. The maximum absolute atomic E-state index is 12.5. The number of hydrogen-bond donors (Lipinski definition) is 0. The average molecular weight is 304 g/mol. The fourth-order valence-electron chi connectivity index (χ4n) is 3.10. The van der Waals surface area contributed by atoms with Crippen LogP contribution in [0, 0.1) is 6.92 Å². The van der Waals surface area contributed by atoms with Crippen LogP contribution in [-0.4, -0.2) is 0 Å². The first-order chi connectivity index (χ1) is 11.2. The highest BCUT2D eigenvalue weighted by atomic mass is 16.4. The predicted molar refractivity (Wildman–Crippen MR) is 91.8 cm³/mol. The van der Waals surface area contributed by atoms with Gasteiger partial charge in [-0.05, 0) is 36.6 Å². The summed E-state index contributed by atoms with van der Waals surface area (Å²) in [6.07, 6.45) is 0.918. The number of hydrogen-bond acceptors (Lipinski definition) is 3. The van der Waals surface area contributed by atoms with E-state index in [-0.39, 0.29) is 5.63 Å². The van der Waals surface area contributed by atoms with Crippen molar-refractivity contribution in [1.82, 2.24) is 0 Å². The minimum atomic E-state index is -0.354. The first-order valence-corrected chi connectivity index (χ1v) is 7.73. The van der Waals surface area contributed by atoms with Gasteiger partial charge < -0.3 is 8.83 Å².